The van der Waals surface area contributed by atoms with E-state index in [0.29, 0.717) is 41.7 Å². The van der Waals surface area contributed by atoms with Crippen LogP contribution in [0.4, 0.5) is 28.6 Å². The predicted molar refractivity (Wildman–Crippen MR) is 213 cm³/mol. The molecule has 4 heterocycles. The van der Waals surface area contributed by atoms with E-state index < -0.39 is 0 Å². The molecule has 54 heavy (non-hydrogen) atoms. The van der Waals surface area contributed by atoms with Crippen LogP contribution in [0.3, 0.4) is 0 Å². The van der Waals surface area contributed by atoms with Crippen LogP contribution in [0.2, 0.25) is 0 Å². The fourth-order valence-corrected chi connectivity index (χ4v) is 5.82. The molecule has 6 rings (SSSR count). The molecule has 13 nitrogen and oxygen atoms in total. The Hall–Kier alpha value is -6.76. The minimum absolute atomic E-state index is 0.208. The summed E-state index contributed by atoms with van der Waals surface area (Å²) >= 11 is 0. The number of hydrogen-bond acceptors (Lipinski definition) is 11. The summed E-state index contributed by atoms with van der Waals surface area (Å²) in [6.45, 7) is 9.20. The molecule has 2 N–H and O–H groups in total. The molecule has 13 heteroatoms. The fourth-order valence-electron chi connectivity index (χ4n) is 5.82. The Kier molecular flexibility index (Phi) is 12.2. The number of carbonyl (C=O) groups excluding carboxylic acids is 2. The van der Waals surface area contributed by atoms with Crippen molar-refractivity contribution in [1.82, 2.24) is 29.5 Å². The van der Waals surface area contributed by atoms with Crippen molar-refractivity contribution in [1.29, 1.82) is 0 Å². The van der Waals surface area contributed by atoms with E-state index in [1.807, 2.05) is 113 Å². The topological polar surface area (TPSA) is 157 Å². The van der Waals surface area contributed by atoms with E-state index in [1.54, 1.807) is 24.5 Å². The SMILES string of the molecule is CCn1nc(-c2ccccc2)c(C(C)=O)c(Nc2cccnc2C)c1=O.CCn1nc(-c2ccccc2)c(C(C)=O)c(Nc2cccnc2N(C)C)c1=O. The normalized spacial score (nSPS) is 10.6. The summed E-state index contributed by atoms with van der Waals surface area (Å²) in [6.07, 6.45) is 3.36. The molecule has 276 valence electrons. The molecule has 0 aliphatic heterocycles. The van der Waals surface area contributed by atoms with Crippen LogP contribution in [-0.4, -0.2) is 55.2 Å². The summed E-state index contributed by atoms with van der Waals surface area (Å²) < 4.78 is 2.73. The molecule has 0 atom stereocenters. The van der Waals surface area contributed by atoms with Crippen LogP contribution in [0, 0.1) is 6.92 Å². The Bertz CT molecular complexity index is 2410. The van der Waals surface area contributed by atoms with Crippen LogP contribution >= 0.6 is 0 Å². The standard InChI is InChI=1S/C21H23N5O2.C20H20N4O2/c1-5-26-21(28)19(23-16-12-9-13-22-20(16)25(3)4)17(14(2)27)18(24-26)15-10-7-6-8-11-15;1-4-24-20(26)19(22-16-11-8-12-21-13(16)2)17(14(3)25)18(23-24)15-9-6-5-7-10-15/h6-13,23H,5H2,1-4H3;5-12,22H,4H2,1-3H3. The Balaban J connectivity index is 0.000000208. The number of hydrogen-bond donors (Lipinski definition) is 2. The van der Waals surface area contributed by atoms with Crippen LogP contribution in [0.25, 0.3) is 22.5 Å². The zero-order valence-electron chi connectivity index (χ0n) is 31.4. The number of ketones is 2. The summed E-state index contributed by atoms with van der Waals surface area (Å²) in [5.74, 6) is 0.211. The smallest absolute Gasteiger partial charge is 0.291 e. The lowest BCUT2D eigenvalue weighted by Crippen LogP contribution is -2.28. The maximum absolute atomic E-state index is 13.0. The van der Waals surface area contributed by atoms with Crippen LogP contribution in [0.15, 0.2) is 107 Å². The van der Waals surface area contributed by atoms with Crippen LogP contribution in [-0.2, 0) is 13.1 Å². The van der Waals surface area contributed by atoms with Gasteiger partial charge in [-0.1, -0.05) is 60.7 Å². The molecule has 0 aliphatic rings. The van der Waals surface area contributed by atoms with Gasteiger partial charge < -0.3 is 15.5 Å². The van der Waals surface area contributed by atoms with E-state index in [2.05, 4.69) is 30.8 Å². The maximum atomic E-state index is 13.0. The van der Waals surface area contributed by atoms with Crippen LogP contribution < -0.4 is 26.7 Å². The van der Waals surface area contributed by atoms with Crippen molar-refractivity contribution in [3.05, 3.63) is 135 Å². The highest BCUT2D eigenvalue weighted by Gasteiger charge is 2.24. The van der Waals surface area contributed by atoms with E-state index in [1.165, 1.54) is 23.2 Å². The van der Waals surface area contributed by atoms with Gasteiger partial charge in [-0.15, -0.1) is 0 Å². The first-order chi connectivity index (χ1) is 26.0. The van der Waals surface area contributed by atoms with Crippen molar-refractivity contribution in [2.24, 2.45) is 0 Å². The summed E-state index contributed by atoms with van der Waals surface area (Å²) in [7, 11) is 3.73. The summed E-state index contributed by atoms with van der Waals surface area (Å²) in [6, 6.07) is 26.0. The van der Waals surface area contributed by atoms with Gasteiger partial charge in [0.15, 0.2) is 17.4 Å². The predicted octanol–water partition coefficient (Wildman–Crippen LogP) is 6.92. The first kappa shape index (κ1) is 38.5. The Morgan fingerprint density at radius 3 is 1.46 bits per heavy atom. The molecule has 0 saturated heterocycles. The van der Waals surface area contributed by atoms with E-state index in [0.717, 1.165) is 16.8 Å². The van der Waals surface area contributed by atoms with Crippen molar-refractivity contribution >= 4 is 40.1 Å². The first-order valence-corrected chi connectivity index (χ1v) is 17.5. The minimum atomic E-state index is -0.346. The molecule has 0 saturated carbocycles. The van der Waals surface area contributed by atoms with E-state index >= 15 is 0 Å². The fraction of sp³-hybridized carbons (Fsp3) is 0.220. The number of pyridine rings is 2. The first-order valence-electron chi connectivity index (χ1n) is 17.5. The molecule has 0 aliphatic carbocycles. The largest absolute Gasteiger partial charge is 0.361 e. The number of benzene rings is 2. The molecule has 0 spiro atoms. The molecule has 2 aromatic carbocycles. The van der Waals surface area contributed by atoms with Gasteiger partial charge in [0.2, 0.25) is 0 Å². The van der Waals surface area contributed by atoms with Crippen LogP contribution in [0.1, 0.15) is 54.1 Å². The van der Waals surface area contributed by atoms with Gasteiger partial charge in [0, 0.05) is 50.7 Å². The van der Waals surface area contributed by atoms with Gasteiger partial charge in [-0.25, -0.2) is 14.3 Å². The molecule has 0 bridgehead atoms. The number of carbonyl (C=O) groups is 2. The molecule has 6 aromatic rings. The van der Waals surface area contributed by atoms with Crippen LogP contribution in [0.5, 0.6) is 0 Å². The number of aromatic nitrogens is 6. The van der Waals surface area contributed by atoms with Gasteiger partial charge in [0.05, 0.1) is 28.2 Å². The highest BCUT2D eigenvalue weighted by molar-refractivity contribution is 6.06. The average molecular weight is 726 g/mol. The Morgan fingerprint density at radius 1 is 0.630 bits per heavy atom. The Labute approximate surface area is 313 Å². The second-order valence-electron chi connectivity index (χ2n) is 12.4. The third-order valence-corrected chi connectivity index (χ3v) is 8.45. The highest BCUT2D eigenvalue weighted by Crippen LogP contribution is 2.31. The van der Waals surface area contributed by atoms with Gasteiger partial charge in [0.25, 0.3) is 11.1 Å². The van der Waals surface area contributed by atoms with Crippen molar-refractivity contribution in [2.75, 3.05) is 29.6 Å². The van der Waals surface area contributed by atoms with E-state index in [4.69, 9.17) is 0 Å². The average Bonchev–Trinajstić information content (AvgIpc) is 3.17. The second kappa shape index (κ2) is 17.2. The molecule has 0 amide bonds. The molecular weight excluding hydrogens is 683 g/mol. The van der Waals surface area contributed by atoms with Gasteiger partial charge >= 0.3 is 0 Å². The van der Waals surface area contributed by atoms with Crippen molar-refractivity contribution in [3.8, 4) is 22.5 Å². The van der Waals surface area contributed by atoms with Gasteiger partial charge in [0.1, 0.15) is 22.8 Å². The monoisotopic (exact) mass is 725 g/mol. The quantitative estimate of drug-likeness (QED) is 0.134. The van der Waals surface area contributed by atoms with Gasteiger partial charge in [-0.05, 0) is 58.9 Å². The van der Waals surface area contributed by atoms with Crippen molar-refractivity contribution in [3.63, 3.8) is 0 Å². The summed E-state index contributed by atoms with van der Waals surface area (Å²) in [4.78, 5) is 61.4. The van der Waals surface area contributed by atoms with Crippen molar-refractivity contribution in [2.45, 2.75) is 47.7 Å². The van der Waals surface area contributed by atoms with E-state index in [9.17, 15) is 19.2 Å². The molecular formula is C41H43N9O4. The minimum Gasteiger partial charge on any atom is -0.361 e. The molecule has 0 unspecified atom stereocenters. The number of anilines is 5. The number of Topliss-reactive ketones (excluding diaryl/α,β-unsaturated/α-hetero) is 2. The lowest BCUT2D eigenvalue weighted by Gasteiger charge is -2.19. The van der Waals surface area contributed by atoms with Gasteiger partial charge in [-0.3, -0.25) is 24.2 Å². The second-order valence-corrected chi connectivity index (χ2v) is 12.4. The Morgan fingerprint density at radius 2 is 1.06 bits per heavy atom. The number of nitrogens with one attached hydrogen (secondary N) is 2. The summed E-state index contributed by atoms with van der Waals surface area (Å²) in [5, 5.41) is 15.2. The lowest BCUT2D eigenvalue weighted by atomic mass is 10.0. The van der Waals surface area contributed by atoms with E-state index in [-0.39, 0.29) is 45.2 Å². The maximum Gasteiger partial charge on any atom is 0.291 e. The van der Waals surface area contributed by atoms with Crippen molar-refractivity contribution < 1.29 is 9.59 Å². The highest BCUT2D eigenvalue weighted by atomic mass is 16.1. The molecule has 4 aromatic heterocycles. The molecule has 0 radical (unpaired) electrons. The number of aryl methyl sites for hydroxylation is 3. The third-order valence-electron chi connectivity index (χ3n) is 8.45. The zero-order chi connectivity index (χ0) is 38.9. The molecule has 0 fully saturated rings. The summed E-state index contributed by atoms with van der Waals surface area (Å²) in [5.41, 5.74) is 4.90. The third kappa shape index (κ3) is 8.31. The lowest BCUT2D eigenvalue weighted by molar-refractivity contribution is 0.101. The van der Waals surface area contributed by atoms with Gasteiger partial charge in [-0.2, -0.15) is 10.2 Å². The number of rotatable bonds is 11. The zero-order valence-corrected chi connectivity index (χ0v) is 31.4. The number of nitrogens with zero attached hydrogens (tertiary/aromatic N) is 7.